The second kappa shape index (κ2) is 15.9. The second-order valence-corrected chi connectivity index (χ2v) is 8.73. The van der Waals surface area contributed by atoms with E-state index < -0.39 is 0 Å². The summed E-state index contributed by atoms with van der Waals surface area (Å²) in [6.07, 6.45) is 22.6. The van der Waals surface area contributed by atoms with Crippen LogP contribution in [0.4, 0.5) is 0 Å². The van der Waals surface area contributed by atoms with Crippen LogP contribution >= 0.6 is 0 Å². The van der Waals surface area contributed by atoms with Crippen LogP contribution in [0.25, 0.3) is 0 Å². The monoisotopic (exact) mass is 367 g/mol. The fraction of sp³-hybridized carbons (Fsp3) is 1.00. The Morgan fingerprint density at radius 1 is 0.769 bits per heavy atom. The van der Waals surface area contributed by atoms with Gasteiger partial charge >= 0.3 is 0 Å². The van der Waals surface area contributed by atoms with E-state index in [0.29, 0.717) is 5.92 Å². The third kappa shape index (κ3) is 10.3. The van der Waals surface area contributed by atoms with Gasteiger partial charge in [0.05, 0.1) is 12.2 Å². The molecule has 0 aromatic rings. The summed E-state index contributed by atoms with van der Waals surface area (Å²) in [7, 11) is 0. The highest BCUT2D eigenvalue weighted by Gasteiger charge is 2.36. The first kappa shape index (κ1) is 24.0. The summed E-state index contributed by atoms with van der Waals surface area (Å²) in [6, 6.07) is 0. The first-order chi connectivity index (χ1) is 12.7. The lowest BCUT2D eigenvalue weighted by Gasteiger charge is -2.42. The van der Waals surface area contributed by atoms with Crippen molar-refractivity contribution in [3.05, 3.63) is 0 Å². The molecule has 0 bridgehead atoms. The van der Waals surface area contributed by atoms with Gasteiger partial charge in [-0.2, -0.15) is 0 Å². The highest BCUT2D eigenvalue weighted by atomic mass is 16.5. The van der Waals surface area contributed by atoms with Crippen LogP contribution in [0.15, 0.2) is 0 Å². The van der Waals surface area contributed by atoms with Crippen LogP contribution in [-0.2, 0) is 4.74 Å². The molecule has 0 aromatic heterocycles. The van der Waals surface area contributed by atoms with Gasteiger partial charge in [-0.1, -0.05) is 111 Å². The Labute approximate surface area is 165 Å². The van der Waals surface area contributed by atoms with Crippen molar-refractivity contribution in [3.63, 3.8) is 0 Å². The molecule has 0 radical (unpaired) electrons. The smallest absolute Gasteiger partial charge is 0.0829 e. The number of hydrogen-bond acceptors (Lipinski definition) is 2. The molecule has 0 amide bonds. The van der Waals surface area contributed by atoms with Crippen molar-refractivity contribution in [2.45, 2.75) is 129 Å². The molecule has 1 heterocycles. The van der Waals surface area contributed by atoms with Crippen molar-refractivity contribution in [2.75, 3.05) is 19.7 Å². The molecule has 1 saturated heterocycles. The van der Waals surface area contributed by atoms with Gasteiger partial charge in [-0.25, -0.2) is 0 Å². The molecule has 1 fully saturated rings. The van der Waals surface area contributed by atoms with Gasteiger partial charge in [0.15, 0.2) is 0 Å². The maximum atomic E-state index is 6.18. The Morgan fingerprint density at radius 3 is 1.69 bits per heavy atom. The van der Waals surface area contributed by atoms with E-state index in [1.807, 2.05) is 0 Å². The SMILES string of the molecule is CCCCCCCCCCCCCCCCC(C)C1(CC)CNCCO1. The van der Waals surface area contributed by atoms with Crippen LogP contribution < -0.4 is 5.32 Å². The molecule has 0 spiro atoms. The van der Waals surface area contributed by atoms with Crippen molar-refractivity contribution in [2.24, 2.45) is 5.92 Å². The zero-order valence-electron chi connectivity index (χ0n) is 18.4. The van der Waals surface area contributed by atoms with Gasteiger partial charge in [0.1, 0.15) is 0 Å². The molecule has 1 aliphatic rings. The summed E-state index contributed by atoms with van der Waals surface area (Å²) in [5.74, 6) is 0.678. The summed E-state index contributed by atoms with van der Waals surface area (Å²) in [5.41, 5.74) is 0.106. The molecule has 0 saturated carbocycles. The lowest BCUT2D eigenvalue weighted by Crippen LogP contribution is -2.53. The van der Waals surface area contributed by atoms with Crippen LogP contribution in [0.2, 0.25) is 0 Å². The largest absolute Gasteiger partial charge is 0.372 e. The van der Waals surface area contributed by atoms with Crippen LogP contribution in [0.3, 0.4) is 0 Å². The zero-order chi connectivity index (χ0) is 18.9. The van der Waals surface area contributed by atoms with Crippen LogP contribution in [0.5, 0.6) is 0 Å². The van der Waals surface area contributed by atoms with Gasteiger partial charge in [-0.05, 0) is 18.8 Å². The number of rotatable bonds is 17. The first-order valence-electron chi connectivity index (χ1n) is 12.1. The Bertz CT molecular complexity index is 299. The van der Waals surface area contributed by atoms with E-state index in [1.165, 1.54) is 96.3 Å². The van der Waals surface area contributed by atoms with Crippen molar-refractivity contribution in [3.8, 4) is 0 Å². The third-order valence-electron chi connectivity index (χ3n) is 6.58. The Kier molecular flexibility index (Phi) is 14.7. The minimum atomic E-state index is 0.106. The Balaban J connectivity index is 1.87. The molecule has 2 heteroatoms. The Morgan fingerprint density at radius 2 is 1.27 bits per heavy atom. The van der Waals surface area contributed by atoms with E-state index in [1.54, 1.807) is 0 Å². The van der Waals surface area contributed by atoms with Gasteiger partial charge in [-0.3, -0.25) is 0 Å². The lowest BCUT2D eigenvalue weighted by atomic mass is 9.81. The molecule has 0 aromatic carbocycles. The second-order valence-electron chi connectivity index (χ2n) is 8.73. The molecule has 2 nitrogen and oxygen atoms in total. The number of nitrogens with one attached hydrogen (secondary N) is 1. The van der Waals surface area contributed by atoms with Crippen molar-refractivity contribution >= 4 is 0 Å². The van der Waals surface area contributed by atoms with E-state index in [2.05, 4.69) is 26.1 Å². The summed E-state index contributed by atoms with van der Waals surface area (Å²) in [6.45, 7) is 9.94. The predicted octanol–water partition coefficient (Wildman–Crippen LogP) is 7.26. The van der Waals surface area contributed by atoms with E-state index in [9.17, 15) is 0 Å². The first-order valence-corrected chi connectivity index (χ1v) is 12.1. The van der Waals surface area contributed by atoms with Gasteiger partial charge in [0.25, 0.3) is 0 Å². The molecular formula is C24H49NO. The normalized spacial score (nSPS) is 21.8. The minimum absolute atomic E-state index is 0.106. The lowest BCUT2D eigenvalue weighted by molar-refractivity contribution is -0.105. The number of morpholine rings is 1. The highest BCUT2D eigenvalue weighted by Crippen LogP contribution is 2.31. The molecule has 1 aliphatic heterocycles. The maximum Gasteiger partial charge on any atom is 0.0829 e. The summed E-state index contributed by atoms with van der Waals surface area (Å²) >= 11 is 0. The van der Waals surface area contributed by atoms with Crippen LogP contribution in [0.1, 0.15) is 124 Å². The van der Waals surface area contributed by atoms with Gasteiger partial charge in [0, 0.05) is 13.1 Å². The highest BCUT2D eigenvalue weighted by molar-refractivity contribution is 4.89. The zero-order valence-corrected chi connectivity index (χ0v) is 18.4. The van der Waals surface area contributed by atoms with Crippen molar-refractivity contribution < 1.29 is 4.74 Å². The fourth-order valence-corrected chi connectivity index (χ4v) is 4.48. The van der Waals surface area contributed by atoms with E-state index in [-0.39, 0.29) is 5.60 Å². The van der Waals surface area contributed by atoms with E-state index >= 15 is 0 Å². The molecule has 0 aliphatic carbocycles. The molecule has 2 unspecified atom stereocenters. The molecule has 26 heavy (non-hydrogen) atoms. The fourth-order valence-electron chi connectivity index (χ4n) is 4.48. The topological polar surface area (TPSA) is 21.3 Å². The average Bonchev–Trinajstić information content (AvgIpc) is 2.68. The summed E-state index contributed by atoms with van der Waals surface area (Å²) < 4.78 is 6.18. The van der Waals surface area contributed by atoms with Gasteiger partial charge < -0.3 is 10.1 Å². The predicted molar refractivity (Wildman–Crippen MR) is 116 cm³/mol. The summed E-state index contributed by atoms with van der Waals surface area (Å²) in [4.78, 5) is 0. The molecule has 2 atom stereocenters. The van der Waals surface area contributed by atoms with Crippen molar-refractivity contribution in [1.82, 2.24) is 5.32 Å². The molecule has 1 rings (SSSR count). The standard InChI is InChI=1S/C24H49NO/c1-4-6-7-8-9-10-11-12-13-14-15-16-17-18-19-23(3)24(5-2)22-25-20-21-26-24/h23,25H,4-22H2,1-3H3. The maximum absolute atomic E-state index is 6.18. The molecule has 1 N–H and O–H groups in total. The Hall–Kier alpha value is -0.0800. The van der Waals surface area contributed by atoms with Gasteiger partial charge in [0.2, 0.25) is 0 Å². The average molecular weight is 368 g/mol. The van der Waals surface area contributed by atoms with E-state index in [4.69, 9.17) is 4.74 Å². The minimum Gasteiger partial charge on any atom is -0.372 e. The van der Waals surface area contributed by atoms with E-state index in [0.717, 1.165) is 26.1 Å². The number of ether oxygens (including phenoxy) is 1. The number of hydrogen-bond donors (Lipinski definition) is 1. The molecule has 156 valence electrons. The van der Waals surface area contributed by atoms with Crippen molar-refractivity contribution in [1.29, 1.82) is 0 Å². The molecular weight excluding hydrogens is 318 g/mol. The van der Waals surface area contributed by atoms with Crippen LogP contribution in [0, 0.1) is 5.92 Å². The van der Waals surface area contributed by atoms with Gasteiger partial charge in [-0.15, -0.1) is 0 Å². The number of unbranched alkanes of at least 4 members (excludes halogenated alkanes) is 13. The third-order valence-corrected chi connectivity index (χ3v) is 6.58. The van der Waals surface area contributed by atoms with Crippen LogP contribution in [-0.4, -0.2) is 25.3 Å². The quantitative estimate of drug-likeness (QED) is 0.273. The summed E-state index contributed by atoms with van der Waals surface area (Å²) in [5, 5.41) is 3.53.